The summed E-state index contributed by atoms with van der Waals surface area (Å²) < 4.78 is 10.6. The second-order valence-electron chi connectivity index (χ2n) is 5.58. The van der Waals surface area contributed by atoms with Crippen LogP contribution in [-0.4, -0.2) is 19.0 Å². The van der Waals surface area contributed by atoms with Crippen molar-refractivity contribution in [1.82, 2.24) is 0 Å². The van der Waals surface area contributed by atoms with E-state index in [2.05, 4.69) is 5.32 Å². The van der Waals surface area contributed by atoms with E-state index in [-0.39, 0.29) is 17.2 Å². The van der Waals surface area contributed by atoms with Gasteiger partial charge in [0.05, 0.1) is 18.4 Å². The van der Waals surface area contributed by atoms with Crippen molar-refractivity contribution in [2.24, 2.45) is 0 Å². The van der Waals surface area contributed by atoms with Gasteiger partial charge in [-0.15, -0.1) is 0 Å². The largest absolute Gasteiger partial charge is 0.465 e. The number of carbonyl (C=O) groups is 2. The standard InChI is InChI=1S/C21H16ClNO4/c1-26-21(25)18-11-10-17(27-16-9-5-8-15(22)12-16)13-19(18)23-20(24)14-6-3-2-4-7-14/h2-13H,1H3,(H,23,24). The summed E-state index contributed by atoms with van der Waals surface area (Å²) in [6.07, 6.45) is 0. The van der Waals surface area contributed by atoms with Crippen molar-refractivity contribution >= 4 is 29.2 Å². The van der Waals surface area contributed by atoms with E-state index in [1.807, 2.05) is 6.07 Å². The fourth-order valence-electron chi connectivity index (χ4n) is 2.43. The third-order valence-electron chi connectivity index (χ3n) is 3.71. The molecule has 0 saturated carbocycles. The molecule has 0 atom stereocenters. The van der Waals surface area contributed by atoms with Crippen LogP contribution in [0.3, 0.4) is 0 Å². The van der Waals surface area contributed by atoms with Gasteiger partial charge in [-0.05, 0) is 42.5 Å². The third kappa shape index (κ3) is 4.65. The van der Waals surface area contributed by atoms with Gasteiger partial charge in [0.25, 0.3) is 5.91 Å². The van der Waals surface area contributed by atoms with Crippen molar-refractivity contribution in [2.75, 3.05) is 12.4 Å². The SMILES string of the molecule is COC(=O)c1ccc(Oc2cccc(Cl)c2)cc1NC(=O)c1ccccc1. The highest BCUT2D eigenvalue weighted by molar-refractivity contribution is 6.30. The van der Waals surface area contributed by atoms with Crippen LogP contribution < -0.4 is 10.1 Å². The van der Waals surface area contributed by atoms with Crippen molar-refractivity contribution in [3.63, 3.8) is 0 Å². The molecule has 0 aliphatic carbocycles. The van der Waals surface area contributed by atoms with Crippen molar-refractivity contribution < 1.29 is 19.1 Å². The average Bonchev–Trinajstić information content (AvgIpc) is 2.68. The minimum atomic E-state index is -0.562. The number of esters is 1. The van der Waals surface area contributed by atoms with E-state index >= 15 is 0 Å². The van der Waals surface area contributed by atoms with E-state index < -0.39 is 5.97 Å². The first-order chi connectivity index (χ1) is 13.1. The molecule has 136 valence electrons. The maximum absolute atomic E-state index is 12.5. The van der Waals surface area contributed by atoms with Gasteiger partial charge in [0, 0.05) is 16.7 Å². The summed E-state index contributed by atoms with van der Waals surface area (Å²) in [5.41, 5.74) is 0.977. The van der Waals surface area contributed by atoms with Gasteiger partial charge in [0.15, 0.2) is 0 Å². The summed E-state index contributed by atoms with van der Waals surface area (Å²) in [4.78, 5) is 24.5. The van der Waals surface area contributed by atoms with Crippen LogP contribution in [-0.2, 0) is 4.74 Å². The molecule has 0 spiro atoms. The first kappa shape index (κ1) is 18.5. The molecule has 1 amide bonds. The van der Waals surface area contributed by atoms with Gasteiger partial charge < -0.3 is 14.8 Å². The van der Waals surface area contributed by atoms with Gasteiger partial charge in [0.1, 0.15) is 11.5 Å². The molecule has 3 aromatic rings. The van der Waals surface area contributed by atoms with Gasteiger partial charge in [0.2, 0.25) is 0 Å². The molecule has 0 unspecified atom stereocenters. The van der Waals surface area contributed by atoms with E-state index in [0.717, 1.165) is 0 Å². The molecular weight excluding hydrogens is 366 g/mol. The van der Waals surface area contributed by atoms with E-state index in [1.165, 1.54) is 13.2 Å². The fourth-order valence-corrected chi connectivity index (χ4v) is 2.61. The predicted molar refractivity (Wildman–Crippen MR) is 104 cm³/mol. The molecule has 3 aromatic carbocycles. The Morgan fingerprint density at radius 3 is 2.33 bits per heavy atom. The highest BCUT2D eigenvalue weighted by Crippen LogP contribution is 2.29. The minimum Gasteiger partial charge on any atom is -0.465 e. The number of anilines is 1. The van der Waals surface area contributed by atoms with Crippen LogP contribution in [0.1, 0.15) is 20.7 Å². The average molecular weight is 382 g/mol. The Hall–Kier alpha value is -3.31. The number of hydrogen-bond donors (Lipinski definition) is 1. The van der Waals surface area contributed by atoms with Crippen LogP contribution in [0.5, 0.6) is 11.5 Å². The smallest absolute Gasteiger partial charge is 0.339 e. The van der Waals surface area contributed by atoms with Crippen LogP contribution in [0.25, 0.3) is 0 Å². The molecule has 6 heteroatoms. The lowest BCUT2D eigenvalue weighted by Gasteiger charge is -2.13. The number of amides is 1. The lowest BCUT2D eigenvalue weighted by Crippen LogP contribution is -2.15. The molecule has 0 aliphatic heterocycles. The molecular formula is C21H16ClNO4. The summed E-state index contributed by atoms with van der Waals surface area (Å²) in [6, 6.07) is 20.3. The van der Waals surface area contributed by atoms with Crippen LogP contribution in [0, 0.1) is 0 Å². The monoisotopic (exact) mass is 381 g/mol. The van der Waals surface area contributed by atoms with Crippen molar-refractivity contribution in [3.05, 3.63) is 88.9 Å². The molecule has 1 N–H and O–H groups in total. The van der Waals surface area contributed by atoms with Crippen molar-refractivity contribution in [3.8, 4) is 11.5 Å². The first-order valence-corrected chi connectivity index (χ1v) is 8.47. The zero-order chi connectivity index (χ0) is 19.2. The van der Waals surface area contributed by atoms with Crippen LogP contribution in [0.2, 0.25) is 5.02 Å². The molecule has 0 saturated heterocycles. The van der Waals surface area contributed by atoms with Gasteiger partial charge in [-0.3, -0.25) is 4.79 Å². The van der Waals surface area contributed by atoms with E-state index in [1.54, 1.807) is 60.7 Å². The Bertz CT molecular complexity index is 973. The second-order valence-corrected chi connectivity index (χ2v) is 6.01. The molecule has 0 aromatic heterocycles. The quantitative estimate of drug-likeness (QED) is 0.619. The minimum absolute atomic E-state index is 0.222. The summed E-state index contributed by atoms with van der Waals surface area (Å²) in [7, 11) is 1.28. The Labute approximate surface area is 161 Å². The summed E-state index contributed by atoms with van der Waals surface area (Å²) in [5, 5.41) is 3.27. The number of rotatable bonds is 5. The second kappa shape index (κ2) is 8.38. The highest BCUT2D eigenvalue weighted by atomic mass is 35.5. The number of hydrogen-bond acceptors (Lipinski definition) is 4. The van der Waals surface area contributed by atoms with Crippen molar-refractivity contribution in [2.45, 2.75) is 0 Å². The maximum atomic E-state index is 12.5. The lowest BCUT2D eigenvalue weighted by molar-refractivity contribution is 0.0602. The Balaban J connectivity index is 1.91. The van der Waals surface area contributed by atoms with Gasteiger partial charge in [-0.1, -0.05) is 35.9 Å². The molecule has 0 radical (unpaired) electrons. The molecule has 3 rings (SSSR count). The third-order valence-corrected chi connectivity index (χ3v) is 3.95. The number of nitrogens with one attached hydrogen (secondary N) is 1. The highest BCUT2D eigenvalue weighted by Gasteiger charge is 2.16. The Morgan fingerprint density at radius 2 is 1.63 bits per heavy atom. The summed E-state index contributed by atoms with van der Waals surface area (Å²) in [6.45, 7) is 0. The zero-order valence-electron chi connectivity index (χ0n) is 14.4. The van der Waals surface area contributed by atoms with Gasteiger partial charge in [-0.2, -0.15) is 0 Å². The molecule has 0 aliphatic rings. The number of methoxy groups -OCH3 is 1. The zero-order valence-corrected chi connectivity index (χ0v) is 15.2. The fraction of sp³-hybridized carbons (Fsp3) is 0.0476. The summed E-state index contributed by atoms with van der Waals surface area (Å²) >= 11 is 5.97. The number of ether oxygens (including phenoxy) is 2. The molecule has 0 bridgehead atoms. The maximum Gasteiger partial charge on any atom is 0.339 e. The van der Waals surface area contributed by atoms with Gasteiger partial charge in [-0.25, -0.2) is 4.79 Å². The first-order valence-electron chi connectivity index (χ1n) is 8.09. The van der Waals surface area contributed by atoms with E-state index in [9.17, 15) is 9.59 Å². The topological polar surface area (TPSA) is 64.6 Å². The number of benzene rings is 3. The Morgan fingerprint density at radius 1 is 0.889 bits per heavy atom. The van der Waals surface area contributed by atoms with Crippen LogP contribution >= 0.6 is 11.6 Å². The lowest BCUT2D eigenvalue weighted by atomic mass is 10.1. The molecule has 27 heavy (non-hydrogen) atoms. The van der Waals surface area contributed by atoms with E-state index in [4.69, 9.17) is 21.1 Å². The van der Waals surface area contributed by atoms with Crippen LogP contribution in [0.4, 0.5) is 5.69 Å². The predicted octanol–water partition coefficient (Wildman–Crippen LogP) is 5.17. The molecule has 0 fully saturated rings. The molecule has 5 nitrogen and oxygen atoms in total. The molecule has 0 heterocycles. The number of carbonyl (C=O) groups excluding carboxylic acids is 2. The van der Waals surface area contributed by atoms with Crippen molar-refractivity contribution in [1.29, 1.82) is 0 Å². The van der Waals surface area contributed by atoms with E-state index in [0.29, 0.717) is 22.1 Å². The Kier molecular flexibility index (Phi) is 5.74. The van der Waals surface area contributed by atoms with Crippen LogP contribution in [0.15, 0.2) is 72.8 Å². The normalized spacial score (nSPS) is 10.1. The van der Waals surface area contributed by atoms with Gasteiger partial charge >= 0.3 is 5.97 Å². The summed E-state index contributed by atoms with van der Waals surface area (Å²) in [5.74, 6) is 0.0651. The number of halogens is 1.